The van der Waals surface area contributed by atoms with Crippen LogP contribution in [0.2, 0.25) is 0 Å². The van der Waals surface area contributed by atoms with Gasteiger partial charge >= 0.3 is 5.97 Å². The molecule has 2 heterocycles. The van der Waals surface area contributed by atoms with Gasteiger partial charge in [-0.05, 0) is 44.2 Å². The largest absolute Gasteiger partial charge is 0.465 e. The molecule has 2 unspecified atom stereocenters. The smallest absolute Gasteiger partial charge is 0.313 e. The molecule has 4 nitrogen and oxygen atoms in total. The third-order valence-electron chi connectivity index (χ3n) is 5.05. The van der Waals surface area contributed by atoms with Crippen molar-refractivity contribution < 1.29 is 14.3 Å². The fourth-order valence-corrected chi connectivity index (χ4v) is 4.72. The highest BCUT2D eigenvalue weighted by Gasteiger charge is 2.56. The Morgan fingerprint density at radius 3 is 3.05 bits per heavy atom. The van der Waals surface area contributed by atoms with E-state index in [4.69, 9.17) is 4.74 Å². The van der Waals surface area contributed by atoms with Crippen LogP contribution in [-0.2, 0) is 20.7 Å². The van der Waals surface area contributed by atoms with E-state index in [-0.39, 0.29) is 23.7 Å². The Kier molecular flexibility index (Phi) is 3.15. The summed E-state index contributed by atoms with van der Waals surface area (Å²) in [5.74, 6) is 0.516. The predicted octanol–water partition coefficient (Wildman–Crippen LogP) is 3.15. The lowest BCUT2D eigenvalue weighted by Crippen LogP contribution is -2.31. The molecule has 22 heavy (non-hydrogen) atoms. The molecule has 5 heteroatoms. The van der Waals surface area contributed by atoms with Crippen LogP contribution in [0.1, 0.15) is 30.6 Å². The van der Waals surface area contributed by atoms with E-state index in [0.29, 0.717) is 13.0 Å². The van der Waals surface area contributed by atoms with Crippen LogP contribution in [0.25, 0.3) is 0 Å². The number of carbonyl (C=O) groups is 2. The Bertz CT molecular complexity index is 661. The summed E-state index contributed by atoms with van der Waals surface area (Å²) < 4.78 is 5.31. The van der Waals surface area contributed by atoms with E-state index in [1.165, 1.54) is 0 Å². The first kappa shape index (κ1) is 14.0. The first-order valence-corrected chi connectivity index (χ1v) is 8.62. The van der Waals surface area contributed by atoms with Gasteiger partial charge in [0.25, 0.3) is 0 Å². The van der Waals surface area contributed by atoms with Crippen LogP contribution in [0.5, 0.6) is 0 Å². The molecule has 2 atom stereocenters. The molecule has 3 aliphatic rings. The molecule has 0 spiro atoms. The molecule has 1 aromatic rings. The highest BCUT2D eigenvalue weighted by Crippen LogP contribution is 2.53. The first-order chi connectivity index (χ1) is 10.6. The van der Waals surface area contributed by atoms with E-state index in [0.717, 1.165) is 41.1 Å². The Labute approximate surface area is 133 Å². The Morgan fingerprint density at radius 1 is 1.45 bits per heavy atom. The van der Waals surface area contributed by atoms with E-state index in [2.05, 4.69) is 11.9 Å². The highest BCUT2D eigenvalue weighted by atomic mass is 32.1. The number of rotatable bonds is 4. The Morgan fingerprint density at radius 2 is 2.27 bits per heavy atom. The van der Waals surface area contributed by atoms with Gasteiger partial charge in [0.15, 0.2) is 0 Å². The fourth-order valence-electron chi connectivity index (χ4n) is 3.68. The maximum Gasteiger partial charge on any atom is 0.313 e. The molecule has 0 aromatic carbocycles. The quantitative estimate of drug-likeness (QED) is 0.685. The number of hydrogen-bond acceptors (Lipinski definition) is 4. The zero-order valence-corrected chi connectivity index (χ0v) is 13.2. The molecule has 2 saturated carbocycles. The maximum absolute atomic E-state index is 12.3. The van der Waals surface area contributed by atoms with Crippen molar-refractivity contribution in [3.8, 4) is 0 Å². The molecule has 1 aromatic heterocycles. The molecule has 1 aliphatic heterocycles. The van der Waals surface area contributed by atoms with Gasteiger partial charge in [-0.3, -0.25) is 9.59 Å². The van der Waals surface area contributed by atoms with Crippen molar-refractivity contribution in [2.24, 2.45) is 17.3 Å². The lowest BCUT2D eigenvalue weighted by molar-refractivity contribution is -0.146. The first-order valence-electron chi connectivity index (χ1n) is 7.80. The van der Waals surface area contributed by atoms with E-state index in [9.17, 15) is 9.59 Å². The summed E-state index contributed by atoms with van der Waals surface area (Å²) in [7, 11) is 0. The van der Waals surface area contributed by atoms with Crippen LogP contribution < -0.4 is 5.32 Å². The number of amides is 1. The van der Waals surface area contributed by atoms with Crippen molar-refractivity contribution >= 4 is 28.2 Å². The molecule has 2 aliphatic carbocycles. The Hall–Kier alpha value is -1.62. The van der Waals surface area contributed by atoms with Crippen molar-refractivity contribution in [1.29, 1.82) is 0 Å². The third kappa shape index (κ3) is 2.28. The number of carbonyl (C=O) groups excluding carboxylic acids is 2. The molecule has 4 rings (SSSR count). The summed E-state index contributed by atoms with van der Waals surface area (Å²) >= 11 is 1.57. The molecule has 0 radical (unpaired) electrons. The van der Waals surface area contributed by atoms with Gasteiger partial charge in [-0.1, -0.05) is 12.2 Å². The summed E-state index contributed by atoms with van der Waals surface area (Å²) in [6.45, 7) is 4.59. The molecular formula is C17H19NO3S. The van der Waals surface area contributed by atoms with Crippen molar-refractivity contribution in [3.05, 3.63) is 29.2 Å². The van der Waals surface area contributed by atoms with Gasteiger partial charge in [-0.2, -0.15) is 0 Å². The van der Waals surface area contributed by atoms with Gasteiger partial charge in [0.1, 0.15) is 0 Å². The molecule has 116 valence electrons. The molecule has 1 saturated heterocycles. The summed E-state index contributed by atoms with van der Waals surface area (Å²) in [5.41, 5.74) is 0.736. The van der Waals surface area contributed by atoms with E-state index in [1.54, 1.807) is 11.3 Å². The van der Waals surface area contributed by atoms with Gasteiger partial charge in [0, 0.05) is 16.7 Å². The third-order valence-corrected chi connectivity index (χ3v) is 6.05. The van der Waals surface area contributed by atoms with Crippen molar-refractivity contribution in [2.45, 2.75) is 32.1 Å². The van der Waals surface area contributed by atoms with Crippen LogP contribution in [0.15, 0.2) is 24.3 Å². The molecule has 3 fully saturated rings. The summed E-state index contributed by atoms with van der Waals surface area (Å²) in [5, 5.41) is 3.85. The Balaban J connectivity index is 1.50. The SMILES string of the molecule is C=C1CC2COC(=O)C2(Cc2ccc(NC(=O)C3CC3)s2)C1. The van der Waals surface area contributed by atoms with Crippen molar-refractivity contribution in [3.63, 3.8) is 0 Å². The normalized spacial score (nSPS) is 30.3. The number of allylic oxidation sites excluding steroid dienone is 1. The zero-order valence-electron chi connectivity index (χ0n) is 12.4. The predicted molar refractivity (Wildman–Crippen MR) is 84.6 cm³/mol. The molecule has 0 bridgehead atoms. The molecule has 1 N–H and O–H groups in total. The maximum atomic E-state index is 12.3. The van der Waals surface area contributed by atoms with Gasteiger partial charge in [-0.15, -0.1) is 11.3 Å². The van der Waals surface area contributed by atoms with Gasteiger partial charge in [-0.25, -0.2) is 0 Å². The number of cyclic esters (lactones) is 1. The van der Waals surface area contributed by atoms with Crippen LogP contribution in [0.4, 0.5) is 5.00 Å². The van der Waals surface area contributed by atoms with Crippen LogP contribution >= 0.6 is 11.3 Å². The summed E-state index contributed by atoms with van der Waals surface area (Å²) in [6, 6.07) is 3.96. The number of ether oxygens (including phenoxy) is 1. The lowest BCUT2D eigenvalue weighted by atomic mass is 9.77. The van der Waals surface area contributed by atoms with Gasteiger partial charge in [0.05, 0.1) is 17.0 Å². The average molecular weight is 317 g/mol. The number of anilines is 1. The number of hydrogen-bond donors (Lipinski definition) is 1. The van der Waals surface area contributed by atoms with E-state index in [1.807, 2.05) is 12.1 Å². The second kappa shape index (κ2) is 4.95. The zero-order chi connectivity index (χ0) is 15.3. The minimum atomic E-state index is -0.417. The average Bonchev–Trinajstić information content (AvgIpc) is 3.09. The van der Waals surface area contributed by atoms with Crippen LogP contribution in [-0.4, -0.2) is 18.5 Å². The standard InChI is InChI=1S/C17H19NO3S/c1-10-6-12-9-21-16(20)17(12,7-10)8-13-4-5-14(22-13)18-15(19)11-2-3-11/h4-5,11-12H,1-3,6-9H2,(H,18,19). The highest BCUT2D eigenvalue weighted by molar-refractivity contribution is 7.16. The van der Waals surface area contributed by atoms with Crippen LogP contribution in [0, 0.1) is 17.3 Å². The van der Waals surface area contributed by atoms with E-state index >= 15 is 0 Å². The van der Waals surface area contributed by atoms with Crippen molar-refractivity contribution in [1.82, 2.24) is 0 Å². The number of esters is 1. The molecule has 1 amide bonds. The van der Waals surface area contributed by atoms with E-state index < -0.39 is 5.41 Å². The van der Waals surface area contributed by atoms with Gasteiger partial charge in [0.2, 0.25) is 5.91 Å². The monoisotopic (exact) mass is 317 g/mol. The number of fused-ring (bicyclic) bond motifs is 1. The number of nitrogens with one attached hydrogen (secondary N) is 1. The summed E-state index contributed by atoms with van der Waals surface area (Å²) in [6.07, 6.45) is 4.33. The number of thiophene rings is 1. The van der Waals surface area contributed by atoms with Crippen molar-refractivity contribution in [2.75, 3.05) is 11.9 Å². The minimum absolute atomic E-state index is 0.0758. The topological polar surface area (TPSA) is 55.4 Å². The second-order valence-corrected chi connectivity index (χ2v) is 7.96. The molecular weight excluding hydrogens is 298 g/mol. The van der Waals surface area contributed by atoms with Gasteiger partial charge < -0.3 is 10.1 Å². The summed E-state index contributed by atoms with van der Waals surface area (Å²) in [4.78, 5) is 25.2. The fraction of sp³-hybridized carbons (Fsp3) is 0.529. The minimum Gasteiger partial charge on any atom is -0.465 e. The second-order valence-electron chi connectivity index (χ2n) is 6.79. The lowest BCUT2D eigenvalue weighted by Gasteiger charge is -2.22. The van der Waals surface area contributed by atoms with Crippen LogP contribution in [0.3, 0.4) is 0 Å².